The smallest absolute Gasteiger partial charge is 0.323 e. The normalized spacial score (nSPS) is 18.2. The quantitative estimate of drug-likeness (QED) is 0.536. The summed E-state index contributed by atoms with van der Waals surface area (Å²) in [6.07, 6.45) is 8.50. The van der Waals surface area contributed by atoms with Crippen LogP contribution in [0.4, 0.5) is 0 Å². The van der Waals surface area contributed by atoms with Crippen LogP contribution in [0.3, 0.4) is 0 Å². The van der Waals surface area contributed by atoms with Gasteiger partial charge in [-0.15, -0.1) is 0 Å². The summed E-state index contributed by atoms with van der Waals surface area (Å²) in [5, 5.41) is 12.5. The molecule has 0 aromatic rings. The van der Waals surface area contributed by atoms with Gasteiger partial charge in [-0.1, -0.05) is 26.2 Å². The second-order valence-electron chi connectivity index (χ2n) is 5.83. The summed E-state index contributed by atoms with van der Waals surface area (Å²) < 4.78 is 5.56. The van der Waals surface area contributed by atoms with E-state index < -0.39 is 11.5 Å². The molecule has 0 saturated heterocycles. The molecule has 2 N–H and O–H groups in total. The summed E-state index contributed by atoms with van der Waals surface area (Å²) in [6.45, 7) is 5.45. The number of ether oxygens (including phenoxy) is 1. The Morgan fingerprint density at radius 3 is 2.53 bits per heavy atom. The predicted octanol–water partition coefficient (Wildman–Crippen LogP) is 2.96. The van der Waals surface area contributed by atoms with Crippen LogP contribution in [0.2, 0.25) is 0 Å². The van der Waals surface area contributed by atoms with Crippen molar-refractivity contribution in [2.75, 3.05) is 13.2 Å². The topological polar surface area (TPSA) is 58.6 Å². The van der Waals surface area contributed by atoms with Crippen molar-refractivity contribution in [1.29, 1.82) is 0 Å². The molecule has 0 heterocycles. The van der Waals surface area contributed by atoms with Crippen LogP contribution < -0.4 is 5.32 Å². The zero-order valence-electron chi connectivity index (χ0n) is 12.4. The number of hydrogen-bond acceptors (Lipinski definition) is 3. The van der Waals surface area contributed by atoms with Crippen LogP contribution in [0.5, 0.6) is 0 Å². The van der Waals surface area contributed by atoms with Crippen LogP contribution in [0.25, 0.3) is 0 Å². The lowest BCUT2D eigenvalue weighted by molar-refractivity contribution is -0.144. The van der Waals surface area contributed by atoms with Crippen LogP contribution in [0.15, 0.2) is 0 Å². The number of rotatable bonds is 12. The molecule has 19 heavy (non-hydrogen) atoms. The van der Waals surface area contributed by atoms with E-state index in [-0.39, 0.29) is 0 Å². The lowest BCUT2D eigenvalue weighted by Gasteiger charge is -2.26. The highest BCUT2D eigenvalue weighted by Gasteiger charge is 2.37. The fourth-order valence-electron chi connectivity index (χ4n) is 2.18. The average Bonchev–Trinajstić information content (AvgIpc) is 3.16. The zero-order chi connectivity index (χ0) is 14.1. The van der Waals surface area contributed by atoms with Gasteiger partial charge in [0, 0.05) is 19.3 Å². The van der Waals surface area contributed by atoms with E-state index in [1.54, 1.807) is 6.92 Å². The molecule has 0 spiro atoms. The highest BCUT2D eigenvalue weighted by molar-refractivity contribution is 5.78. The monoisotopic (exact) mass is 271 g/mol. The largest absolute Gasteiger partial charge is 0.480 e. The average molecular weight is 271 g/mol. The van der Waals surface area contributed by atoms with Crippen molar-refractivity contribution in [3.63, 3.8) is 0 Å². The molecule has 0 aliphatic heterocycles. The summed E-state index contributed by atoms with van der Waals surface area (Å²) in [7, 11) is 0. The second kappa shape index (κ2) is 8.54. The van der Waals surface area contributed by atoms with Gasteiger partial charge in [0.05, 0.1) is 0 Å². The standard InChI is InChI=1S/C15H29NO3/c1-3-4-5-6-11-19-12-7-10-15(2,14(17)18)16-13-8-9-13/h13,16H,3-12H2,1-2H3,(H,17,18). The first kappa shape index (κ1) is 16.4. The maximum atomic E-state index is 11.3. The third-order valence-electron chi connectivity index (χ3n) is 3.68. The third kappa shape index (κ3) is 6.92. The maximum Gasteiger partial charge on any atom is 0.323 e. The summed E-state index contributed by atoms with van der Waals surface area (Å²) in [5.74, 6) is -0.748. The van der Waals surface area contributed by atoms with Crippen LogP contribution in [0, 0.1) is 0 Å². The van der Waals surface area contributed by atoms with Crippen molar-refractivity contribution in [3.05, 3.63) is 0 Å². The van der Waals surface area contributed by atoms with Gasteiger partial charge in [-0.2, -0.15) is 0 Å². The SMILES string of the molecule is CCCCCCOCCCC(C)(NC1CC1)C(=O)O. The molecule has 0 radical (unpaired) electrons. The Labute approximate surface area is 116 Å². The minimum absolute atomic E-state index is 0.413. The number of carbonyl (C=O) groups is 1. The molecular formula is C15H29NO3. The minimum Gasteiger partial charge on any atom is -0.480 e. The second-order valence-corrected chi connectivity index (χ2v) is 5.83. The fraction of sp³-hybridized carbons (Fsp3) is 0.933. The Hall–Kier alpha value is -0.610. The van der Waals surface area contributed by atoms with E-state index in [1.165, 1.54) is 19.3 Å². The first-order chi connectivity index (χ1) is 9.08. The number of carboxylic acids is 1. The van der Waals surface area contributed by atoms with E-state index in [1.807, 2.05) is 0 Å². The van der Waals surface area contributed by atoms with E-state index in [0.29, 0.717) is 19.1 Å². The van der Waals surface area contributed by atoms with Gasteiger partial charge in [0.1, 0.15) is 5.54 Å². The zero-order valence-corrected chi connectivity index (χ0v) is 12.4. The number of nitrogens with one attached hydrogen (secondary N) is 1. The predicted molar refractivity (Wildman–Crippen MR) is 76.4 cm³/mol. The van der Waals surface area contributed by atoms with Crippen molar-refractivity contribution < 1.29 is 14.6 Å². The Morgan fingerprint density at radius 2 is 1.95 bits per heavy atom. The number of carboxylic acid groups (broad SMARTS) is 1. The molecule has 1 unspecified atom stereocenters. The van der Waals surface area contributed by atoms with Crippen molar-refractivity contribution in [2.45, 2.75) is 76.8 Å². The number of aliphatic carboxylic acids is 1. The van der Waals surface area contributed by atoms with Gasteiger partial charge < -0.3 is 9.84 Å². The highest BCUT2D eigenvalue weighted by Crippen LogP contribution is 2.25. The van der Waals surface area contributed by atoms with Crippen molar-refractivity contribution in [1.82, 2.24) is 5.32 Å². The molecule has 1 saturated carbocycles. The molecule has 0 aromatic carbocycles. The Kier molecular flexibility index (Phi) is 7.39. The van der Waals surface area contributed by atoms with Crippen LogP contribution in [-0.2, 0) is 9.53 Å². The van der Waals surface area contributed by atoms with Gasteiger partial charge in [-0.3, -0.25) is 10.1 Å². The Morgan fingerprint density at radius 1 is 1.26 bits per heavy atom. The Bertz CT molecular complexity index is 266. The first-order valence-electron chi connectivity index (χ1n) is 7.67. The van der Waals surface area contributed by atoms with Crippen LogP contribution in [-0.4, -0.2) is 35.9 Å². The molecule has 1 fully saturated rings. The lowest BCUT2D eigenvalue weighted by Crippen LogP contribution is -2.50. The van der Waals surface area contributed by atoms with Gasteiger partial charge in [0.25, 0.3) is 0 Å². The molecule has 1 atom stereocenters. The fourth-order valence-corrected chi connectivity index (χ4v) is 2.18. The van der Waals surface area contributed by atoms with E-state index in [9.17, 15) is 9.90 Å². The Balaban J connectivity index is 2.06. The van der Waals surface area contributed by atoms with Crippen LogP contribution >= 0.6 is 0 Å². The van der Waals surface area contributed by atoms with Crippen molar-refractivity contribution in [2.24, 2.45) is 0 Å². The third-order valence-corrected chi connectivity index (χ3v) is 3.68. The summed E-state index contributed by atoms with van der Waals surface area (Å²) in [4.78, 5) is 11.3. The molecule has 0 bridgehead atoms. The molecule has 4 nitrogen and oxygen atoms in total. The molecule has 4 heteroatoms. The van der Waals surface area contributed by atoms with E-state index >= 15 is 0 Å². The molecule has 1 rings (SSSR count). The molecule has 0 amide bonds. The first-order valence-corrected chi connectivity index (χ1v) is 7.67. The number of unbranched alkanes of at least 4 members (excludes halogenated alkanes) is 3. The van der Waals surface area contributed by atoms with Gasteiger partial charge in [-0.05, 0) is 39.0 Å². The van der Waals surface area contributed by atoms with Gasteiger partial charge >= 0.3 is 5.97 Å². The molecule has 112 valence electrons. The van der Waals surface area contributed by atoms with Gasteiger partial charge in [0.2, 0.25) is 0 Å². The summed E-state index contributed by atoms with van der Waals surface area (Å²) in [6, 6.07) is 0.413. The van der Waals surface area contributed by atoms with E-state index in [4.69, 9.17) is 4.74 Å². The van der Waals surface area contributed by atoms with Crippen molar-refractivity contribution in [3.8, 4) is 0 Å². The maximum absolute atomic E-state index is 11.3. The van der Waals surface area contributed by atoms with Crippen molar-refractivity contribution >= 4 is 5.97 Å². The summed E-state index contributed by atoms with van der Waals surface area (Å²) in [5.41, 5.74) is -0.785. The van der Waals surface area contributed by atoms with Gasteiger partial charge in [-0.25, -0.2) is 0 Å². The summed E-state index contributed by atoms with van der Waals surface area (Å²) >= 11 is 0. The lowest BCUT2D eigenvalue weighted by atomic mass is 9.96. The molecule has 1 aliphatic carbocycles. The minimum atomic E-state index is -0.785. The number of hydrogen-bond donors (Lipinski definition) is 2. The van der Waals surface area contributed by atoms with Crippen LogP contribution in [0.1, 0.15) is 65.2 Å². The highest BCUT2D eigenvalue weighted by atomic mass is 16.5. The van der Waals surface area contributed by atoms with E-state index in [0.717, 1.165) is 32.3 Å². The molecular weight excluding hydrogens is 242 g/mol. The van der Waals surface area contributed by atoms with Gasteiger partial charge in [0.15, 0.2) is 0 Å². The molecule has 1 aliphatic rings. The molecule has 0 aromatic heterocycles. The van der Waals surface area contributed by atoms with E-state index in [2.05, 4.69) is 12.2 Å².